The average Bonchev–Trinajstić information content (AvgIpc) is 2.96. The fourth-order valence-corrected chi connectivity index (χ4v) is 2.65. The van der Waals surface area contributed by atoms with Gasteiger partial charge in [0.2, 0.25) is 5.91 Å². The summed E-state index contributed by atoms with van der Waals surface area (Å²) in [6, 6.07) is 9.09. The molecule has 24 heavy (non-hydrogen) atoms. The maximum atomic E-state index is 12.4. The highest BCUT2D eigenvalue weighted by Gasteiger charge is 2.32. The Kier molecular flexibility index (Phi) is 7.02. The van der Waals surface area contributed by atoms with Crippen molar-refractivity contribution in [3.63, 3.8) is 0 Å². The topological polar surface area (TPSA) is 71.1 Å². The Bertz CT molecular complexity index is 530. The van der Waals surface area contributed by atoms with Crippen LogP contribution in [-0.2, 0) is 14.3 Å². The number of nitrogens with one attached hydrogen (secondary N) is 1. The van der Waals surface area contributed by atoms with Crippen molar-refractivity contribution in [1.82, 2.24) is 10.2 Å². The van der Waals surface area contributed by atoms with Gasteiger partial charge in [0.1, 0.15) is 0 Å². The van der Waals surface area contributed by atoms with Crippen molar-refractivity contribution in [3.05, 3.63) is 30.3 Å². The van der Waals surface area contributed by atoms with E-state index in [1.54, 1.807) is 24.0 Å². The Morgan fingerprint density at radius 3 is 2.42 bits per heavy atom. The first-order valence-corrected chi connectivity index (χ1v) is 8.04. The van der Waals surface area contributed by atoms with Gasteiger partial charge < -0.3 is 24.6 Å². The standard InChI is InChI=1S/C17H25N3O4/c1-23-10-8-19(9-11-24-2)17(22)18-14-12-16(21)20(13-14)15-6-4-3-5-7-15/h3-7,14H,8-13H2,1-2H3,(H,18,22). The summed E-state index contributed by atoms with van der Waals surface area (Å²) in [5.74, 6) is 0.0202. The number of rotatable bonds is 8. The molecule has 1 saturated heterocycles. The van der Waals surface area contributed by atoms with Crippen LogP contribution in [0.3, 0.4) is 0 Å². The summed E-state index contributed by atoms with van der Waals surface area (Å²) < 4.78 is 10.1. The minimum absolute atomic E-state index is 0.0202. The molecule has 0 spiro atoms. The Morgan fingerprint density at radius 1 is 1.21 bits per heavy atom. The minimum atomic E-state index is -0.197. The second-order valence-electron chi connectivity index (χ2n) is 5.66. The molecule has 3 amide bonds. The molecular formula is C17H25N3O4. The maximum absolute atomic E-state index is 12.4. The van der Waals surface area contributed by atoms with Crippen LogP contribution in [0.1, 0.15) is 6.42 Å². The lowest BCUT2D eigenvalue weighted by atomic mass is 10.2. The van der Waals surface area contributed by atoms with Crippen LogP contribution >= 0.6 is 0 Å². The van der Waals surface area contributed by atoms with E-state index in [4.69, 9.17) is 9.47 Å². The molecule has 1 aliphatic rings. The number of hydrogen-bond donors (Lipinski definition) is 1. The van der Waals surface area contributed by atoms with Gasteiger partial charge >= 0.3 is 6.03 Å². The van der Waals surface area contributed by atoms with Crippen molar-refractivity contribution in [2.24, 2.45) is 0 Å². The summed E-state index contributed by atoms with van der Waals surface area (Å²) in [7, 11) is 3.19. The molecular weight excluding hydrogens is 310 g/mol. The molecule has 1 aromatic rings. The van der Waals surface area contributed by atoms with E-state index in [0.29, 0.717) is 39.3 Å². The highest BCUT2D eigenvalue weighted by Crippen LogP contribution is 2.21. The molecule has 7 heteroatoms. The number of hydrogen-bond acceptors (Lipinski definition) is 4. The largest absolute Gasteiger partial charge is 0.383 e. The molecule has 1 fully saturated rings. The van der Waals surface area contributed by atoms with E-state index >= 15 is 0 Å². The molecule has 1 aromatic carbocycles. The van der Waals surface area contributed by atoms with Gasteiger partial charge in [0.15, 0.2) is 0 Å². The van der Waals surface area contributed by atoms with Gasteiger partial charge in [-0.05, 0) is 12.1 Å². The first-order valence-electron chi connectivity index (χ1n) is 8.04. The summed E-state index contributed by atoms with van der Waals surface area (Å²) in [6.07, 6.45) is 0.309. The molecule has 7 nitrogen and oxygen atoms in total. The van der Waals surface area contributed by atoms with Crippen LogP contribution in [-0.4, -0.2) is 69.9 Å². The van der Waals surface area contributed by atoms with Gasteiger partial charge in [0.25, 0.3) is 0 Å². The number of carbonyl (C=O) groups excluding carboxylic acids is 2. The zero-order chi connectivity index (χ0) is 17.4. The lowest BCUT2D eigenvalue weighted by Crippen LogP contribution is -2.47. The van der Waals surface area contributed by atoms with E-state index in [0.717, 1.165) is 5.69 Å². The Balaban J connectivity index is 1.92. The van der Waals surface area contributed by atoms with Crippen molar-refractivity contribution in [3.8, 4) is 0 Å². The third-order valence-corrected chi connectivity index (χ3v) is 3.94. The zero-order valence-electron chi connectivity index (χ0n) is 14.2. The van der Waals surface area contributed by atoms with E-state index < -0.39 is 0 Å². The van der Waals surface area contributed by atoms with Crippen LogP contribution in [0.25, 0.3) is 0 Å². The van der Waals surface area contributed by atoms with Crippen LogP contribution in [0.2, 0.25) is 0 Å². The Morgan fingerprint density at radius 2 is 1.83 bits per heavy atom. The monoisotopic (exact) mass is 335 g/mol. The summed E-state index contributed by atoms with van der Waals surface area (Å²) >= 11 is 0. The van der Waals surface area contributed by atoms with E-state index in [1.165, 1.54) is 0 Å². The first-order chi connectivity index (χ1) is 11.7. The minimum Gasteiger partial charge on any atom is -0.383 e. The van der Waals surface area contributed by atoms with Crippen LogP contribution < -0.4 is 10.2 Å². The third kappa shape index (κ3) is 4.94. The number of benzene rings is 1. The molecule has 0 aromatic heterocycles. The number of nitrogens with zero attached hydrogens (tertiary/aromatic N) is 2. The smallest absolute Gasteiger partial charge is 0.317 e. The fraction of sp³-hybridized carbons (Fsp3) is 0.529. The number of amides is 3. The lowest BCUT2D eigenvalue weighted by molar-refractivity contribution is -0.117. The molecule has 0 bridgehead atoms. The van der Waals surface area contributed by atoms with Crippen molar-refractivity contribution >= 4 is 17.6 Å². The molecule has 0 radical (unpaired) electrons. The summed E-state index contributed by atoms with van der Waals surface area (Å²) in [6.45, 7) is 2.36. The summed E-state index contributed by atoms with van der Waals surface area (Å²) in [5.41, 5.74) is 0.856. The van der Waals surface area contributed by atoms with Crippen molar-refractivity contribution in [1.29, 1.82) is 0 Å². The van der Waals surface area contributed by atoms with Crippen molar-refractivity contribution in [2.45, 2.75) is 12.5 Å². The quantitative estimate of drug-likeness (QED) is 0.772. The molecule has 0 saturated carbocycles. The number of carbonyl (C=O) groups is 2. The van der Waals surface area contributed by atoms with Gasteiger partial charge in [-0.15, -0.1) is 0 Å². The maximum Gasteiger partial charge on any atom is 0.317 e. The van der Waals surface area contributed by atoms with Crippen molar-refractivity contribution < 1.29 is 19.1 Å². The number of methoxy groups -OCH3 is 2. The zero-order valence-corrected chi connectivity index (χ0v) is 14.2. The van der Waals surface area contributed by atoms with Gasteiger partial charge in [-0.3, -0.25) is 4.79 Å². The molecule has 0 aliphatic carbocycles. The van der Waals surface area contributed by atoms with Gasteiger partial charge in [-0.1, -0.05) is 18.2 Å². The summed E-state index contributed by atoms with van der Waals surface area (Å²) in [5, 5.41) is 2.94. The normalized spacial score (nSPS) is 17.2. The highest BCUT2D eigenvalue weighted by atomic mass is 16.5. The van der Waals surface area contributed by atoms with Gasteiger partial charge in [0.05, 0.1) is 19.3 Å². The molecule has 1 unspecified atom stereocenters. The second kappa shape index (κ2) is 9.24. The van der Waals surface area contributed by atoms with Crippen molar-refractivity contribution in [2.75, 3.05) is 52.0 Å². The molecule has 1 heterocycles. The van der Waals surface area contributed by atoms with Crippen LogP contribution in [0.15, 0.2) is 30.3 Å². The van der Waals surface area contributed by atoms with Gasteiger partial charge in [-0.25, -0.2) is 4.79 Å². The SMILES string of the molecule is COCCN(CCOC)C(=O)NC1CC(=O)N(c2ccccc2)C1. The van der Waals surface area contributed by atoms with Gasteiger partial charge in [-0.2, -0.15) is 0 Å². The highest BCUT2D eigenvalue weighted by molar-refractivity contribution is 5.96. The number of anilines is 1. The molecule has 2 rings (SSSR count). The van der Waals surface area contributed by atoms with E-state index in [1.807, 2.05) is 30.3 Å². The Labute approximate surface area is 142 Å². The van der Waals surface area contributed by atoms with Gasteiger partial charge in [0, 0.05) is 46.0 Å². The number of ether oxygens (including phenoxy) is 2. The van der Waals surface area contributed by atoms with E-state index in [9.17, 15) is 9.59 Å². The van der Waals surface area contributed by atoms with E-state index in [-0.39, 0.29) is 18.0 Å². The fourth-order valence-electron chi connectivity index (χ4n) is 2.65. The predicted molar refractivity (Wildman–Crippen MR) is 91.1 cm³/mol. The first kappa shape index (κ1) is 18.2. The van der Waals surface area contributed by atoms with Crippen LogP contribution in [0.5, 0.6) is 0 Å². The van der Waals surface area contributed by atoms with E-state index in [2.05, 4.69) is 5.32 Å². The molecule has 1 atom stereocenters. The third-order valence-electron chi connectivity index (χ3n) is 3.94. The van der Waals surface area contributed by atoms with Crippen LogP contribution in [0, 0.1) is 0 Å². The second-order valence-corrected chi connectivity index (χ2v) is 5.66. The summed E-state index contributed by atoms with van der Waals surface area (Å²) in [4.78, 5) is 28.0. The molecule has 132 valence electrons. The Hall–Kier alpha value is -2.12. The predicted octanol–water partition coefficient (Wildman–Crippen LogP) is 1.10. The van der Waals surface area contributed by atoms with Crippen LogP contribution in [0.4, 0.5) is 10.5 Å². The lowest BCUT2D eigenvalue weighted by Gasteiger charge is -2.24. The number of urea groups is 1. The number of para-hydroxylation sites is 1. The molecule has 1 N–H and O–H groups in total. The molecule has 1 aliphatic heterocycles. The average molecular weight is 335 g/mol.